The van der Waals surface area contributed by atoms with E-state index in [0.29, 0.717) is 43.1 Å². The van der Waals surface area contributed by atoms with Crippen LogP contribution in [0.2, 0.25) is 0 Å². The van der Waals surface area contributed by atoms with Crippen molar-refractivity contribution in [2.24, 2.45) is 0 Å². The van der Waals surface area contributed by atoms with Crippen molar-refractivity contribution >= 4 is 17.6 Å². The van der Waals surface area contributed by atoms with Gasteiger partial charge in [0.15, 0.2) is 0 Å². The Morgan fingerprint density at radius 1 is 1.04 bits per heavy atom. The molecule has 1 fully saturated rings. The number of piperazine rings is 1. The van der Waals surface area contributed by atoms with Gasteiger partial charge in [-0.05, 0) is 35.4 Å². The van der Waals surface area contributed by atoms with E-state index in [1.54, 1.807) is 17.0 Å². The van der Waals surface area contributed by atoms with Crippen LogP contribution in [0.15, 0.2) is 36.5 Å². The zero-order valence-electron chi connectivity index (χ0n) is 14.9. The van der Waals surface area contributed by atoms with E-state index in [2.05, 4.69) is 10.3 Å². The Morgan fingerprint density at radius 2 is 1.70 bits per heavy atom. The van der Waals surface area contributed by atoms with Crippen molar-refractivity contribution in [3.63, 3.8) is 0 Å². The van der Waals surface area contributed by atoms with Crippen LogP contribution in [-0.2, 0) is 9.59 Å². The van der Waals surface area contributed by atoms with Crippen LogP contribution in [0.3, 0.4) is 0 Å². The van der Waals surface area contributed by atoms with Crippen molar-refractivity contribution < 1.29 is 18.4 Å². The van der Waals surface area contributed by atoms with E-state index in [-0.39, 0.29) is 18.4 Å². The SMILES string of the molecule is CC(=O)N1CCN(CC(=O)Nc2cc(-c3cc(F)cc(F)c3)ccn2)CC1. The maximum Gasteiger partial charge on any atom is 0.239 e. The first-order valence-electron chi connectivity index (χ1n) is 8.61. The number of nitrogens with zero attached hydrogens (tertiary/aromatic N) is 3. The van der Waals surface area contributed by atoms with Crippen molar-refractivity contribution in [1.29, 1.82) is 0 Å². The van der Waals surface area contributed by atoms with Gasteiger partial charge in [-0.15, -0.1) is 0 Å². The maximum atomic E-state index is 13.4. The molecule has 142 valence electrons. The predicted molar refractivity (Wildman–Crippen MR) is 96.9 cm³/mol. The number of pyridine rings is 1. The van der Waals surface area contributed by atoms with Gasteiger partial charge in [0.05, 0.1) is 6.54 Å². The third-order valence-corrected chi connectivity index (χ3v) is 4.41. The number of halogens is 2. The lowest BCUT2D eigenvalue weighted by molar-refractivity contribution is -0.130. The van der Waals surface area contributed by atoms with E-state index in [1.165, 1.54) is 25.3 Å². The van der Waals surface area contributed by atoms with E-state index in [4.69, 9.17) is 0 Å². The average Bonchev–Trinajstić information content (AvgIpc) is 2.61. The normalized spacial score (nSPS) is 14.9. The van der Waals surface area contributed by atoms with Crippen molar-refractivity contribution in [2.45, 2.75) is 6.92 Å². The van der Waals surface area contributed by atoms with Crippen LogP contribution in [0.25, 0.3) is 11.1 Å². The predicted octanol–water partition coefficient (Wildman–Crippen LogP) is 2.13. The second kappa shape index (κ2) is 8.22. The number of aromatic nitrogens is 1. The minimum Gasteiger partial charge on any atom is -0.340 e. The molecule has 6 nitrogen and oxygen atoms in total. The molecule has 8 heteroatoms. The fourth-order valence-electron chi connectivity index (χ4n) is 3.01. The third-order valence-electron chi connectivity index (χ3n) is 4.41. The molecule has 1 aromatic heterocycles. The number of carbonyl (C=O) groups excluding carboxylic acids is 2. The third kappa shape index (κ3) is 5.07. The van der Waals surface area contributed by atoms with Gasteiger partial charge in [0.2, 0.25) is 11.8 Å². The molecule has 3 rings (SSSR count). The molecular formula is C19H20F2N4O2. The summed E-state index contributed by atoms with van der Waals surface area (Å²) in [5.74, 6) is -1.23. The molecule has 0 aliphatic carbocycles. The van der Waals surface area contributed by atoms with Gasteiger partial charge in [0.25, 0.3) is 0 Å². The number of rotatable bonds is 4. The largest absolute Gasteiger partial charge is 0.340 e. The monoisotopic (exact) mass is 374 g/mol. The van der Waals surface area contributed by atoms with E-state index in [9.17, 15) is 18.4 Å². The molecule has 1 saturated heterocycles. The Hall–Kier alpha value is -2.87. The zero-order chi connectivity index (χ0) is 19.4. The number of hydrogen-bond donors (Lipinski definition) is 1. The van der Waals surface area contributed by atoms with Crippen LogP contribution < -0.4 is 5.32 Å². The van der Waals surface area contributed by atoms with Gasteiger partial charge in [-0.1, -0.05) is 0 Å². The number of hydrogen-bond acceptors (Lipinski definition) is 4. The quantitative estimate of drug-likeness (QED) is 0.891. The number of anilines is 1. The summed E-state index contributed by atoms with van der Waals surface area (Å²) in [5.41, 5.74) is 0.916. The highest BCUT2D eigenvalue weighted by molar-refractivity contribution is 5.92. The summed E-state index contributed by atoms with van der Waals surface area (Å²) in [6.45, 7) is 4.17. The molecule has 0 spiro atoms. The second-order valence-electron chi connectivity index (χ2n) is 6.42. The van der Waals surface area contributed by atoms with E-state index in [0.717, 1.165) is 6.07 Å². The summed E-state index contributed by atoms with van der Waals surface area (Å²) in [7, 11) is 0. The lowest BCUT2D eigenvalue weighted by atomic mass is 10.1. The summed E-state index contributed by atoms with van der Waals surface area (Å²) in [5, 5.41) is 2.70. The first-order valence-corrected chi connectivity index (χ1v) is 8.61. The molecule has 2 amide bonds. The van der Waals surface area contributed by atoms with Gasteiger partial charge in [-0.25, -0.2) is 13.8 Å². The molecule has 0 unspecified atom stereocenters. The van der Waals surface area contributed by atoms with Gasteiger partial charge < -0.3 is 10.2 Å². The van der Waals surface area contributed by atoms with Gasteiger partial charge >= 0.3 is 0 Å². The van der Waals surface area contributed by atoms with Crippen LogP contribution in [-0.4, -0.2) is 59.3 Å². The van der Waals surface area contributed by atoms with Crippen LogP contribution in [0, 0.1) is 11.6 Å². The smallest absolute Gasteiger partial charge is 0.239 e. The van der Waals surface area contributed by atoms with Crippen LogP contribution >= 0.6 is 0 Å². The average molecular weight is 374 g/mol. The molecule has 2 aromatic rings. The first kappa shape index (κ1) is 18.9. The van der Waals surface area contributed by atoms with Crippen LogP contribution in [0.5, 0.6) is 0 Å². The molecule has 1 aliphatic heterocycles. The van der Waals surface area contributed by atoms with Crippen molar-refractivity contribution in [3.8, 4) is 11.1 Å². The lowest BCUT2D eigenvalue weighted by Gasteiger charge is -2.33. The fourth-order valence-corrected chi connectivity index (χ4v) is 3.01. The minimum absolute atomic E-state index is 0.0360. The molecule has 0 atom stereocenters. The molecule has 1 aromatic carbocycles. The van der Waals surface area contributed by atoms with Gasteiger partial charge in [-0.2, -0.15) is 0 Å². The Bertz CT molecular complexity index is 831. The van der Waals surface area contributed by atoms with Crippen molar-refractivity contribution in [1.82, 2.24) is 14.8 Å². The molecule has 2 heterocycles. The topological polar surface area (TPSA) is 65.5 Å². The van der Waals surface area contributed by atoms with Gasteiger partial charge in [0.1, 0.15) is 17.5 Å². The number of carbonyl (C=O) groups is 2. The Balaban J connectivity index is 1.61. The van der Waals surface area contributed by atoms with Crippen molar-refractivity contribution in [3.05, 3.63) is 48.2 Å². The van der Waals surface area contributed by atoms with Gasteiger partial charge in [-0.3, -0.25) is 14.5 Å². The summed E-state index contributed by atoms with van der Waals surface area (Å²) in [6, 6.07) is 6.43. The number of benzene rings is 1. The molecule has 0 bridgehead atoms. The molecule has 0 saturated carbocycles. The molecule has 1 N–H and O–H groups in total. The number of nitrogens with one attached hydrogen (secondary N) is 1. The number of amides is 2. The van der Waals surface area contributed by atoms with Gasteiger partial charge in [0, 0.05) is 45.4 Å². The first-order chi connectivity index (χ1) is 12.9. The summed E-state index contributed by atoms with van der Waals surface area (Å²) < 4.78 is 26.8. The molecule has 0 radical (unpaired) electrons. The van der Waals surface area contributed by atoms with E-state index < -0.39 is 11.6 Å². The highest BCUT2D eigenvalue weighted by Gasteiger charge is 2.20. The zero-order valence-corrected chi connectivity index (χ0v) is 14.9. The highest BCUT2D eigenvalue weighted by atomic mass is 19.1. The van der Waals surface area contributed by atoms with Crippen LogP contribution in [0.1, 0.15) is 6.92 Å². The van der Waals surface area contributed by atoms with E-state index in [1.807, 2.05) is 4.90 Å². The summed E-state index contributed by atoms with van der Waals surface area (Å²) >= 11 is 0. The van der Waals surface area contributed by atoms with Crippen LogP contribution in [0.4, 0.5) is 14.6 Å². The van der Waals surface area contributed by atoms with Crippen molar-refractivity contribution in [2.75, 3.05) is 38.0 Å². The Morgan fingerprint density at radius 3 is 2.33 bits per heavy atom. The fraction of sp³-hybridized carbons (Fsp3) is 0.316. The maximum absolute atomic E-state index is 13.4. The lowest BCUT2D eigenvalue weighted by Crippen LogP contribution is -2.49. The summed E-state index contributed by atoms with van der Waals surface area (Å²) in [4.78, 5) is 31.4. The molecule has 27 heavy (non-hydrogen) atoms. The Kier molecular flexibility index (Phi) is 5.75. The summed E-state index contributed by atoms with van der Waals surface area (Å²) in [6.07, 6.45) is 1.47. The Labute approximate surface area is 155 Å². The molecular weight excluding hydrogens is 354 g/mol. The highest BCUT2D eigenvalue weighted by Crippen LogP contribution is 2.23. The standard InChI is InChI=1S/C19H20F2N4O2/c1-13(26)25-6-4-24(5-7-25)12-19(27)23-18-10-14(2-3-22-18)15-8-16(20)11-17(21)9-15/h2-3,8-11H,4-7,12H2,1H3,(H,22,23,27). The second-order valence-corrected chi connectivity index (χ2v) is 6.42. The molecule has 1 aliphatic rings. The van der Waals surface area contributed by atoms with E-state index >= 15 is 0 Å². The minimum atomic E-state index is -0.669.